The van der Waals surface area contributed by atoms with Gasteiger partial charge in [-0.3, -0.25) is 14.8 Å². The number of carbonyl (C=O) groups excluding carboxylic acids is 1. The van der Waals surface area contributed by atoms with Crippen molar-refractivity contribution in [2.24, 2.45) is 0 Å². The van der Waals surface area contributed by atoms with Gasteiger partial charge in [0.05, 0.1) is 17.7 Å². The molecule has 0 N–H and O–H groups in total. The van der Waals surface area contributed by atoms with Crippen LogP contribution in [0.3, 0.4) is 0 Å². The molecule has 0 aromatic carbocycles. The van der Waals surface area contributed by atoms with E-state index in [1.165, 1.54) is 0 Å². The minimum absolute atomic E-state index is 0.0204. The first kappa shape index (κ1) is 16.6. The third-order valence-corrected chi connectivity index (χ3v) is 4.53. The first-order valence-corrected chi connectivity index (χ1v) is 8.71. The molecule has 6 nitrogen and oxygen atoms in total. The van der Waals surface area contributed by atoms with Crippen LogP contribution in [0.4, 0.5) is 0 Å². The van der Waals surface area contributed by atoms with Crippen molar-refractivity contribution in [3.05, 3.63) is 54.7 Å². The summed E-state index contributed by atoms with van der Waals surface area (Å²) in [7, 11) is 0. The van der Waals surface area contributed by atoms with Gasteiger partial charge in [0.2, 0.25) is 0 Å². The predicted octanol–water partition coefficient (Wildman–Crippen LogP) is 2.94. The number of aromatic nitrogens is 3. The minimum Gasteiger partial charge on any atom is -0.372 e. The second-order valence-electron chi connectivity index (χ2n) is 6.65. The molecule has 2 atom stereocenters. The van der Waals surface area contributed by atoms with Gasteiger partial charge in [-0.05, 0) is 49.2 Å². The summed E-state index contributed by atoms with van der Waals surface area (Å²) in [5, 5.41) is 0.916. The van der Waals surface area contributed by atoms with Gasteiger partial charge in [-0.15, -0.1) is 0 Å². The number of hydrogen-bond donors (Lipinski definition) is 0. The Labute approximate surface area is 151 Å². The van der Waals surface area contributed by atoms with E-state index in [0.717, 1.165) is 22.0 Å². The summed E-state index contributed by atoms with van der Waals surface area (Å²) in [5.74, 6) is -0.0685. The number of hydrogen-bond acceptors (Lipinski definition) is 5. The van der Waals surface area contributed by atoms with Crippen LogP contribution < -0.4 is 0 Å². The van der Waals surface area contributed by atoms with Crippen LogP contribution in [-0.4, -0.2) is 51.1 Å². The van der Waals surface area contributed by atoms with Crippen LogP contribution >= 0.6 is 0 Å². The molecular weight excluding hydrogens is 328 g/mol. The summed E-state index contributed by atoms with van der Waals surface area (Å²) in [6.45, 7) is 5.11. The average molecular weight is 348 g/mol. The topological polar surface area (TPSA) is 68.2 Å². The van der Waals surface area contributed by atoms with Crippen molar-refractivity contribution in [1.29, 1.82) is 0 Å². The maximum absolute atomic E-state index is 13.1. The normalized spacial score (nSPS) is 20.3. The van der Waals surface area contributed by atoms with Crippen LogP contribution in [0, 0.1) is 0 Å². The maximum atomic E-state index is 13.1. The maximum Gasteiger partial charge on any atom is 0.272 e. The molecular formula is C20H20N4O2. The molecule has 6 heteroatoms. The summed E-state index contributed by atoms with van der Waals surface area (Å²) in [5.41, 5.74) is 3.12. The minimum atomic E-state index is -0.0685. The molecule has 0 radical (unpaired) electrons. The number of pyridine rings is 3. The van der Waals surface area contributed by atoms with Crippen molar-refractivity contribution in [1.82, 2.24) is 19.9 Å². The fourth-order valence-electron chi connectivity index (χ4n) is 3.45. The van der Waals surface area contributed by atoms with E-state index < -0.39 is 0 Å². The summed E-state index contributed by atoms with van der Waals surface area (Å²) in [4.78, 5) is 27.8. The molecule has 0 saturated carbocycles. The Bertz CT molecular complexity index is 935. The molecule has 1 fully saturated rings. The zero-order chi connectivity index (χ0) is 18.1. The monoisotopic (exact) mass is 348 g/mol. The Hall–Kier alpha value is -2.86. The highest BCUT2D eigenvalue weighted by Gasteiger charge is 2.27. The fraction of sp³-hybridized carbons (Fsp3) is 0.300. The van der Waals surface area contributed by atoms with Crippen molar-refractivity contribution in [2.45, 2.75) is 26.1 Å². The zero-order valence-electron chi connectivity index (χ0n) is 14.8. The lowest BCUT2D eigenvalue weighted by molar-refractivity contribution is -0.0587. The SMILES string of the molecule is C[C@@H]1CN(C(=O)c2cc(-c3ccncc3)c3cnccc3n2)C[C@H](C)O1. The van der Waals surface area contributed by atoms with Crippen molar-refractivity contribution in [2.75, 3.05) is 13.1 Å². The van der Waals surface area contributed by atoms with E-state index in [4.69, 9.17) is 4.74 Å². The second kappa shape index (κ2) is 6.80. The van der Waals surface area contributed by atoms with Crippen LogP contribution in [0.2, 0.25) is 0 Å². The second-order valence-corrected chi connectivity index (χ2v) is 6.65. The van der Waals surface area contributed by atoms with E-state index >= 15 is 0 Å². The van der Waals surface area contributed by atoms with Crippen LogP contribution in [0.1, 0.15) is 24.3 Å². The van der Waals surface area contributed by atoms with Crippen molar-refractivity contribution in [3.63, 3.8) is 0 Å². The van der Waals surface area contributed by atoms with Gasteiger partial charge in [0.25, 0.3) is 5.91 Å². The lowest BCUT2D eigenvalue weighted by Gasteiger charge is -2.35. The predicted molar refractivity (Wildman–Crippen MR) is 98.7 cm³/mol. The van der Waals surface area contributed by atoms with Gasteiger partial charge in [-0.25, -0.2) is 4.98 Å². The molecule has 0 aliphatic carbocycles. The lowest BCUT2D eigenvalue weighted by atomic mass is 10.0. The van der Waals surface area contributed by atoms with Crippen LogP contribution in [0.15, 0.2) is 49.1 Å². The number of amides is 1. The molecule has 26 heavy (non-hydrogen) atoms. The van der Waals surface area contributed by atoms with E-state index in [0.29, 0.717) is 18.8 Å². The third kappa shape index (κ3) is 3.15. The zero-order valence-corrected chi connectivity index (χ0v) is 14.8. The van der Waals surface area contributed by atoms with E-state index in [2.05, 4.69) is 15.0 Å². The number of rotatable bonds is 2. The molecule has 0 spiro atoms. The molecule has 3 aromatic rings. The molecule has 1 amide bonds. The van der Waals surface area contributed by atoms with Gasteiger partial charge in [0.1, 0.15) is 5.69 Å². The Morgan fingerprint density at radius 3 is 2.50 bits per heavy atom. The number of fused-ring (bicyclic) bond motifs is 1. The summed E-state index contributed by atoms with van der Waals surface area (Å²) in [6, 6.07) is 7.54. The van der Waals surface area contributed by atoms with E-state index in [9.17, 15) is 4.79 Å². The Morgan fingerprint density at radius 1 is 1.08 bits per heavy atom. The number of nitrogens with zero attached hydrogens (tertiary/aromatic N) is 4. The van der Waals surface area contributed by atoms with Gasteiger partial charge < -0.3 is 9.64 Å². The van der Waals surface area contributed by atoms with Crippen molar-refractivity contribution >= 4 is 16.8 Å². The molecule has 132 valence electrons. The van der Waals surface area contributed by atoms with Crippen molar-refractivity contribution < 1.29 is 9.53 Å². The van der Waals surface area contributed by atoms with Crippen molar-refractivity contribution in [3.8, 4) is 11.1 Å². The Kier molecular flexibility index (Phi) is 4.34. The standard InChI is InChI=1S/C20H20N4O2/c1-13-11-24(12-14(2)26-13)20(25)19-9-16(15-3-6-21-7-4-15)17-10-22-8-5-18(17)23-19/h3-10,13-14H,11-12H2,1-2H3/t13-,14+. The van der Waals surface area contributed by atoms with Gasteiger partial charge in [-0.2, -0.15) is 0 Å². The lowest BCUT2D eigenvalue weighted by Crippen LogP contribution is -2.48. The highest BCUT2D eigenvalue weighted by Crippen LogP contribution is 2.28. The first-order chi connectivity index (χ1) is 12.6. The summed E-state index contributed by atoms with van der Waals surface area (Å²) < 4.78 is 5.74. The highest BCUT2D eigenvalue weighted by molar-refractivity contribution is 6.01. The van der Waals surface area contributed by atoms with Crippen LogP contribution in [-0.2, 0) is 4.74 Å². The number of carbonyl (C=O) groups is 1. The van der Waals surface area contributed by atoms with Gasteiger partial charge in [0, 0.05) is 43.3 Å². The largest absolute Gasteiger partial charge is 0.372 e. The van der Waals surface area contributed by atoms with Gasteiger partial charge in [0.15, 0.2) is 0 Å². The summed E-state index contributed by atoms with van der Waals surface area (Å²) >= 11 is 0. The van der Waals surface area contributed by atoms with Crippen LogP contribution in [0.25, 0.3) is 22.0 Å². The smallest absolute Gasteiger partial charge is 0.272 e. The Morgan fingerprint density at radius 2 is 1.77 bits per heavy atom. The third-order valence-electron chi connectivity index (χ3n) is 4.53. The van der Waals surface area contributed by atoms with Gasteiger partial charge >= 0.3 is 0 Å². The number of morpholine rings is 1. The summed E-state index contributed by atoms with van der Waals surface area (Å²) in [6.07, 6.45) is 7.00. The quantitative estimate of drug-likeness (QED) is 0.712. The Balaban J connectivity index is 1.80. The van der Waals surface area contributed by atoms with Crippen LogP contribution in [0.5, 0.6) is 0 Å². The molecule has 4 rings (SSSR count). The number of ether oxygens (including phenoxy) is 1. The first-order valence-electron chi connectivity index (χ1n) is 8.71. The molecule has 1 aliphatic heterocycles. The molecule has 1 aliphatic rings. The fourth-order valence-corrected chi connectivity index (χ4v) is 3.45. The molecule has 0 bridgehead atoms. The van der Waals surface area contributed by atoms with E-state index in [1.807, 2.05) is 43.0 Å². The highest BCUT2D eigenvalue weighted by atomic mass is 16.5. The molecule has 1 saturated heterocycles. The van der Waals surface area contributed by atoms with E-state index in [-0.39, 0.29) is 18.1 Å². The molecule has 4 heterocycles. The molecule has 3 aromatic heterocycles. The average Bonchev–Trinajstić information content (AvgIpc) is 2.66. The van der Waals surface area contributed by atoms with E-state index in [1.54, 1.807) is 24.8 Å². The van der Waals surface area contributed by atoms with Gasteiger partial charge in [-0.1, -0.05) is 0 Å². The molecule has 0 unspecified atom stereocenters.